The summed E-state index contributed by atoms with van der Waals surface area (Å²) < 4.78 is 281. The van der Waals surface area contributed by atoms with Crippen molar-refractivity contribution in [3.63, 3.8) is 0 Å². The predicted octanol–water partition coefficient (Wildman–Crippen LogP) is 14.4. The molecule has 0 unspecified atom stereocenters. The topological polar surface area (TPSA) is 13.1 Å². The second-order valence-electron chi connectivity index (χ2n) is 11.3. The third-order valence-electron chi connectivity index (χ3n) is 8.62. The summed E-state index contributed by atoms with van der Waals surface area (Å²) in [5, 5.41) is -8.27. The smallest absolute Gasteiger partial charge is 0.143 e. The minimum Gasteiger partial charge on any atom is -0.455 e. The molecule has 236 valence electrons. The van der Waals surface area contributed by atoms with Crippen LogP contribution in [0.5, 0.6) is 0 Å². The highest BCUT2D eigenvalue weighted by atomic mass is 16.3. The SMILES string of the molecule is [2H]c1c([2H])c([2H])c(-c2c([2H])c(-c3c4c([2H])c([2H])c([2H])c([2H])c4c(-c4c([2H])c([2H])c([2H])c5c4c([2H])c([2H])c4c([2H])c([2H])c([2H])c([2H])c45)c4c([2H])c([2H])c([2H])c([2H])c34)c3c(oc4c5c([2H])c([2H])c([2H])c([2H])c5c([2H])c([2H])c43)c2[2H])c([2H])c1[2H]. The van der Waals surface area contributed by atoms with Gasteiger partial charge < -0.3 is 4.42 Å². The summed E-state index contributed by atoms with van der Waals surface area (Å²) in [5.41, 5.74) is -6.45. The highest BCUT2D eigenvalue weighted by Crippen LogP contribution is 2.49. The number of hydrogen-bond donors (Lipinski definition) is 0. The Morgan fingerprint density at radius 3 is 1.55 bits per heavy atom. The Morgan fingerprint density at radius 2 is 0.863 bits per heavy atom. The van der Waals surface area contributed by atoms with Gasteiger partial charge in [0.15, 0.2) is 0 Å². The second kappa shape index (κ2) is 10.9. The standard InChI is InChI=1S/C50H30O/c1-2-13-31(14-3-1)34-29-45(49-44-28-26-33-16-5-7-18-36(33)50(44)51-46(49)30-34)48-42-21-10-8-19-40(42)47(41-20-9-11-22-43(41)48)39-24-12-23-37-35-17-6-4-15-32(35)25-27-38(37)39/h1-30H/i1D,2D,3D,4D,5D,6D,7D,8D,9D,10D,11D,12D,13D,14D,15D,16D,17D,18D,19D,20D,21D,22D,23D,24D,25D,26D,27D,28D,29D,30D. The first kappa shape index (κ1) is 11.7. The summed E-state index contributed by atoms with van der Waals surface area (Å²) in [5.74, 6) is 0. The number of rotatable bonds is 3. The van der Waals surface area contributed by atoms with E-state index in [4.69, 9.17) is 27.7 Å². The van der Waals surface area contributed by atoms with E-state index in [9.17, 15) is 17.8 Å². The Balaban J connectivity index is 1.54. The van der Waals surface area contributed by atoms with Gasteiger partial charge in [0.05, 0.1) is 41.1 Å². The number of benzene rings is 10. The van der Waals surface area contributed by atoms with E-state index in [0.717, 1.165) is 0 Å². The quantitative estimate of drug-likeness (QED) is 0.134. The molecule has 0 saturated carbocycles. The summed E-state index contributed by atoms with van der Waals surface area (Å²) in [7, 11) is 0. The first-order valence-electron chi connectivity index (χ1n) is 30.2. The van der Waals surface area contributed by atoms with Gasteiger partial charge in [0.1, 0.15) is 11.2 Å². The van der Waals surface area contributed by atoms with Crippen molar-refractivity contribution in [3.8, 4) is 33.4 Å². The van der Waals surface area contributed by atoms with Crippen molar-refractivity contribution >= 4 is 75.8 Å². The van der Waals surface area contributed by atoms with Crippen LogP contribution in [-0.2, 0) is 0 Å². The van der Waals surface area contributed by atoms with Gasteiger partial charge in [-0.3, -0.25) is 0 Å². The van der Waals surface area contributed by atoms with Crippen LogP contribution in [0, 0.1) is 0 Å². The summed E-state index contributed by atoms with van der Waals surface area (Å²) >= 11 is 0. The molecule has 0 aliphatic heterocycles. The van der Waals surface area contributed by atoms with E-state index in [0.29, 0.717) is 0 Å². The van der Waals surface area contributed by atoms with Crippen molar-refractivity contribution in [2.45, 2.75) is 0 Å². The molecule has 0 aliphatic carbocycles. The average molecular weight is 677 g/mol. The van der Waals surface area contributed by atoms with Crippen LogP contribution >= 0.6 is 0 Å². The lowest BCUT2D eigenvalue weighted by atomic mass is 9.83. The van der Waals surface area contributed by atoms with Gasteiger partial charge in [-0.05, 0) is 100.0 Å². The normalized spacial score (nSPS) is 20.2. The van der Waals surface area contributed by atoms with Gasteiger partial charge in [0.2, 0.25) is 0 Å². The monoisotopic (exact) mass is 676 g/mol. The van der Waals surface area contributed by atoms with E-state index >= 15 is 0 Å². The van der Waals surface area contributed by atoms with Crippen molar-refractivity contribution in [3.05, 3.63) is 181 Å². The Bertz CT molecular complexity index is 4820. The molecule has 0 N–H and O–H groups in total. The molecule has 0 radical (unpaired) electrons. The fraction of sp³-hybridized carbons (Fsp3) is 0. The molecule has 10 aromatic carbocycles. The lowest BCUT2D eigenvalue weighted by Crippen LogP contribution is -1.93. The van der Waals surface area contributed by atoms with E-state index in [2.05, 4.69) is 0 Å². The fourth-order valence-electron chi connectivity index (χ4n) is 6.52. The summed E-state index contributed by atoms with van der Waals surface area (Å²) in [4.78, 5) is 0. The van der Waals surface area contributed by atoms with Crippen molar-refractivity contribution in [1.82, 2.24) is 0 Å². The van der Waals surface area contributed by atoms with E-state index in [1.165, 1.54) is 0 Å². The first-order valence-corrected chi connectivity index (χ1v) is 15.2. The van der Waals surface area contributed by atoms with Crippen molar-refractivity contribution in [1.29, 1.82) is 0 Å². The molecule has 0 atom stereocenters. The van der Waals surface area contributed by atoms with Crippen LogP contribution in [0.2, 0.25) is 0 Å². The van der Waals surface area contributed by atoms with Crippen molar-refractivity contribution in [2.75, 3.05) is 0 Å². The lowest BCUT2D eigenvalue weighted by Gasteiger charge is -2.20. The second-order valence-corrected chi connectivity index (χ2v) is 11.3. The summed E-state index contributed by atoms with van der Waals surface area (Å²) in [6.45, 7) is 0. The highest BCUT2D eigenvalue weighted by molar-refractivity contribution is 6.29. The summed E-state index contributed by atoms with van der Waals surface area (Å²) in [6.07, 6.45) is 0. The largest absolute Gasteiger partial charge is 0.455 e. The highest BCUT2D eigenvalue weighted by Gasteiger charge is 2.23. The van der Waals surface area contributed by atoms with Crippen LogP contribution in [0.1, 0.15) is 41.1 Å². The summed E-state index contributed by atoms with van der Waals surface area (Å²) in [6, 6.07) is -29.0. The molecule has 1 heterocycles. The Morgan fingerprint density at radius 1 is 0.333 bits per heavy atom. The minimum atomic E-state index is -1.10. The van der Waals surface area contributed by atoms with Crippen LogP contribution in [0.4, 0.5) is 0 Å². The van der Waals surface area contributed by atoms with E-state index in [1.807, 2.05) is 0 Å². The molecule has 0 spiro atoms. The maximum atomic E-state index is 10.3. The zero-order valence-corrected chi connectivity index (χ0v) is 25.4. The van der Waals surface area contributed by atoms with Crippen LogP contribution in [0.3, 0.4) is 0 Å². The maximum Gasteiger partial charge on any atom is 0.143 e. The van der Waals surface area contributed by atoms with Gasteiger partial charge in [-0.15, -0.1) is 0 Å². The molecule has 11 rings (SSSR count). The zero-order valence-electron chi connectivity index (χ0n) is 55.4. The molecule has 0 aliphatic rings. The molecule has 51 heavy (non-hydrogen) atoms. The van der Waals surface area contributed by atoms with Gasteiger partial charge in [0.25, 0.3) is 0 Å². The molecular weight excluding hydrogens is 617 g/mol. The van der Waals surface area contributed by atoms with Crippen molar-refractivity contribution < 1.29 is 45.5 Å². The first-order chi connectivity index (χ1) is 37.8. The van der Waals surface area contributed by atoms with Crippen LogP contribution < -0.4 is 0 Å². The van der Waals surface area contributed by atoms with Gasteiger partial charge in [-0.2, -0.15) is 0 Å². The van der Waals surface area contributed by atoms with Crippen LogP contribution in [0.15, 0.2) is 186 Å². The molecule has 11 aromatic rings. The van der Waals surface area contributed by atoms with Gasteiger partial charge in [0, 0.05) is 16.2 Å². The zero-order chi connectivity index (χ0) is 59.6. The molecule has 1 nitrogen and oxygen atoms in total. The molecule has 0 saturated heterocycles. The van der Waals surface area contributed by atoms with E-state index in [-0.39, 0.29) is 0 Å². The minimum absolute atomic E-state index is 0.556. The van der Waals surface area contributed by atoms with Crippen LogP contribution in [0.25, 0.3) is 109 Å². The van der Waals surface area contributed by atoms with E-state index < -0.39 is 290 Å². The predicted molar refractivity (Wildman–Crippen MR) is 218 cm³/mol. The third kappa shape index (κ3) is 4.16. The fourth-order valence-corrected chi connectivity index (χ4v) is 6.52. The Labute approximate surface area is 336 Å². The molecule has 0 amide bonds. The third-order valence-corrected chi connectivity index (χ3v) is 8.62. The Kier molecular flexibility index (Phi) is 2.50. The van der Waals surface area contributed by atoms with Gasteiger partial charge in [-0.25, -0.2) is 0 Å². The lowest BCUT2D eigenvalue weighted by molar-refractivity contribution is 0.673. The average Bonchev–Trinajstić information content (AvgIpc) is 4.06. The number of hydrogen-bond acceptors (Lipinski definition) is 1. The number of furan rings is 1. The Hall–Kier alpha value is -6.70. The molecular formula is C50H30O. The van der Waals surface area contributed by atoms with Gasteiger partial charge >= 0.3 is 0 Å². The molecule has 0 bridgehead atoms. The van der Waals surface area contributed by atoms with Crippen molar-refractivity contribution in [2.24, 2.45) is 0 Å². The van der Waals surface area contributed by atoms with Gasteiger partial charge in [-0.1, -0.05) is 163 Å². The molecule has 0 fully saturated rings. The maximum absolute atomic E-state index is 10.3. The molecule has 1 heteroatoms. The van der Waals surface area contributed by atoms with Crippen LogP contribution in [-0.4, -0.2) is 0 Å². The van der Waals surface area contributed by atoms with E-state index in [1.54, 1.807) is 0 Å². The number of fused-ring (bicyclic) bond motifs is 10. The molecule has 1 aromatic heterocycles.